The number of halogens is 1. The average Bonchev–Trinajstić information content (AvgIpc) is 2.85. The van der Waals surface area contributed by atoms with Crippen LogP contribution in [0.15, 0.2) is 48.7 Å². The number of nitrogen functional groups attached to an aromatic ring is 1. The monoisotopic (exact) mass is 462 g/mol. The van der Waals surface area contributed by atoms with Crippen molar-refractivity contribution in [3.05, 3.63) is 76.9 Å². The number of piperidine rings is 1. The van der Waals surface area contributed by atoms with Gasteiger partial charge in [0.2, 0.25) is 0 Å². The maximum atomic E-state index is 13.5. The molecular formula is C25H27FN6O2. The summed E-state index contributed by atoms with van der Waals surface area (Å²) >= 11 is 0. The zero-order valence-corrected chi connectivity index (χ0v) is 18.9. The van der Waals surface area contributed by atoms with Crippen molar-refractivity contribution in [3.63, 3.8) is 0 Å². The molecule has 9 heteroatoms. The molecule has 0 bridgehead atoms. The summed E-state index contributed by atoms with van der Waals surface area (Å²) in [5.74, 6) is -0.987. The number of aromatic nitrogens is 2. The van der Waals surface area contributed by atoms with Crippen molar-refractivity contribution in [1.29, 1.82) is 0 Å². The second kappa shape index (κ2) is 10.4. The molecule has 2 heterocycles. The Labute approximate surface area is 197 Å². The summed E-state index contributed by atoms with van der Waals surface area (Å²) in [6, 6.07) is 11.3. The van der Waals surface area contributed by atoms with Crippen LogP contribution >= 0.6 is 0 Å². The van der Waals surface area contributed by atoms with Crippen LogP contribution in [0.4, 0.5) is 10.2 Å². The van der Waals surface area contributed by atoms with E-state index in [4.69, 9.17) is 5.73 Å². The summed E-state index contributed by atoms with van der Waals surface area (Å²) in [6.45, 7) is 3.70. The molecule has 0 saturated carbocycles. The maximum Gasteiger partial charge on any atom is 0.274 e. The predicted molar refractivity (Wildman–Crippen MR) is 128 cm³/mol. The SMILES string of the molecule is Cc1ccc(F)cc1CNC(=O)c1cccc(-c2cnc(N)c(C(=O)NC3CCCNC3)n2)c1. The normalized spacial score (nSPS) is 15.5. The van der Waals surface area contributed by atoms with Gasteiger partial charge in [-0.15, -0.1) is 0 Å². The van der Waals surface area contributed by atoms with Gasteiger partial charge in [0.15, 0.2) is 11.5 Å². The van der Waals surface area contributed by atoms with Crippen LogP contribution in [-0.2, 0) is 6.54 Å². The first-order valence-electron chi connectivity index (χ1n) is 11.2. The van der Waals surface area contributed by atoms with Crippen LogP contribution in [0.1, 0.15) is 44.8 Å². The van der Waals surface area contributed by atoms with E-state index in [1.54, 1.807) is 30.3 Å². The first kappa shape index (κ1) is 23.3. The van der Waals surface area contributed by atoms with Crippen LogP contribution in [-0.4, -0.2) is 40.9 Å². The molecule has 1 aromatic heterocycles. The van der Waals surface area contributed by atoms with Crippen LogP contribution in [0.3, 0.4) is 0 Å². The van der Waals surface area contributed by atoms with E-state index in [2.05, 4.69) is 25.9 Å². The molecule has 5 N–H and O–H groups in total. The number of carbonyl (C=O) groups is 2. The van der Waals surface area contributed by atoms with Crippen molar-refractivity contribution in [2.75, 3.05) is 18.8 Å². The van der Waals surface area contributed by atoms with Crippen molar-refractivity contribution in [2.24, 2.45) is 0 Å². The zero-order chi connectivity index (χ0) is 24.1. The molecule has 8 nitrogen and oxygen atoms in total. The highest BCUT2D eigenvalue weighted by Gasteiger charge is 2.20. The first-order valence-corrected chi connectivity index (χ1v) is 11.2. The lowest BCUT2D eigenvalue weighted by Crippen LogP contribution is -2.46. The number of anilines is 1. The van der Waals surface area contributed by atoms with E-state index in [0.29, 0.717) is 28.9 Å². The Morgan fingerprint density at radius 3 is 2.85 bits per heavy atom. The number of amides is 2. The molecule has 1 saturated heterocycles. The molecule has 2 aromatic carbocycles. The largest absolute Gasteiger partial charge is 0.382 e. The van der Waals surface area contributed by atoms with Gasteiger partial charge in [0.25, 0.3) is 11.8 Å². The maximum absolute atomic E-state index is 13.5. The van der Waals surface area contributed by atoms with Gasteiger partial charge in [0.05, 0.1) is 11.9 Å². The number of hydrogen-bond donors (Lipinski definition) is 4. The molecule has 0 spiro atoms. The lowest BCUT2D eigenvalue weighted by atomic mass is 10.1. The smallest absolute Gasteiger partial charge is 0.274 e. The van der Waals surface area contributed by atoms with Crippen LogP contribution in [0.5, 0.6) is 0 Å². The van der Waals surface area contributed by atoms with Crippen LogP contribution in [0, 0.1) is 12.7 Å². The summed E-state index contributed by atoms with van der Waals surface area (Å²) in [6.07, 6.45) is 3.35. The van der Waals surface area contributed by atoms with Gasteiger partial charge < -0.3 is 21.7 Å². The van der Waals surface area contributed by atoms with Gasteiger partial charge in [0.1, 0.15) is 5.82 Å². The molecule has 1 unspecified atom stereocenters. The molecule has 0 aliphatic carbocycles. The van der Waals surface area contributed by atoms with E-state index in [1.165, 1.54) is 18.3 Å². The highest BCUT2D eigenvalue weighted by molar-refractivity contribution is 5.97. The fourth-order valence-electron chi connectivity index (χ4n) is 3.86. The molecule has 1 aliphatic rings. The number of nitrogens with two attached hydrogens (primary N) is 1. The highest BCUT2D eigenvalue weighted by Crippen LogP contribution is 2.20. The molecular weight excluding hydrogens is 435 g/mol. The van der Waals surface area contributed by atoms with E-state index in [1.807, 2.05) is 6.92 Å². The van der Waals surface area contributed by atoms with Gasteiger partial charge in [-0.05, 0) is 61.7 Å². The van der Waals surface area contributed by atoms with Crippen LogP contribution < -0.4 is 21.7 Å². The summed E-state index contributed by atoms with van der Waals surface area (Å²) in [5.41, 5.74) is 9.04. The highest BCUT2D eigenvalue weighted by atomic mass is 19.1. The second-order valence-electron chi connectivity index (χ2n) is 8.34. The van der Waals surface area contributed by atoms with E-state index in [9.17, 15) is 14.0 Å². The van der Waals surface area contributed by atoms with Crippen molar-refractivity contribution in [1.82, 2.24) is 25.9 Å². The van der Waals surface area contributed by atoms with Crippen molar-refractivity contribution >= 4 is 17.6 Å². The lowest BCUT2D eigenvalue weighted by molar-refractivity contribution is 0.0923. The number of nitrogens with zero attached hydrogens (tertiary/aromatic N) is 2. The second-order valence-corrected chi connectivity index (χ2v) is 8.34. The molecule has 34 heavy (non-hydrogen) atoms. The van der Waals surface area contributed by atoms with Gasteiger partial charge >= 0.3 is 0 Å². The Balaban J connectivity index is 1.49. The van der Waals surface area contributed by atoms with Crippen molar-refractivity contribution < 1.29 is 14.0 Å². The van der Waals surface area contributed by atoms with Crippen LogP contribution in [0.2, 0.25) is 0 Å². The van der Waals surface area contributed by atoms with E-state index in [0.717, 1.165) is 24.9 Å². The number of benzene rings is 2. The Bertz CT molecular complexity index is 1210. The minimum absolute atomic E-state index is 0.0138. The van der Waals surface area contributed by atoms with Crippen LogP contribution in [0.25, 0.3) is 11.3 Å². The molecule has 2 amide bonds. The number of hydrogen-bond acceptors (Lipinski definition) is 6. The Hall–Kier alpha value is -3.85. The van der Waals surface area contributed by atoms with Gasteiger partial charge in [-0.25, -0.2) is 14.4 Å². The van der Waals surface area contributed by atoms with E-state index < -0.39 is 0 Å². The summed E-state index contributed by atoms with van der Waals surface area (Å²) in [4.78, 5) is 34.0. The predicted octanol–water partition coefficient (Wildman–Crippen LogP) is 2.59. The van der Waals surface area contributed by atoms with E-state index in [-0.39, 0.29) is 41.7 Å². The topological polar surface area (TPSA) is 122 Å². The third-order valence-corrected chi connectivity index (χ3v) is 5.82. The fourth-order valence-corrected chi connectivity index (χ4v) is 3.86. The van der Waals surface area contributed by atoms with Gasteiger partial charge in [-0.2, -0.15) is 0 Å². The number of carbonyl (C=O) groups excluding carboxylic acids is 2. The summed E-state index contributed by atoms with van der Waals surface area (Å²) in [7, 11) is 0. The zero-order valence-electron chi connectivity index (χ0n) is 18.9. The molecule has 1 fully saturated rings. The number of rotatable bonds is 6. The number of nitrogens with one attached hydrogen (secondary N) is 3. The standard InChI is InChI=1S/C25H27FN6O2/c1-15-7-8-19(26)11-18(15)12-30-24(33)17-5-2-4-16(10-17)21-14-29-23(27)22(32-21)25(34)31-20-6-3-9-28-13-20/h2,4-5,7-8,10-11,14,20,28H,3,6,9,12-13H2,1H3,(H2,27,29)(H,30,33)(H,31,34). The van der Waals surface area contributed by atoms with Crippen molar-refractivity contribution in [3.8, 4) is 11.3 Å². The average molecular weight is 463 g/mol. The van der Waals surface area contributed by atoms with Gasteiger partial charge in [0, 0.05) is 30.3 Å². The Kier molecular flexibility index (Phi) is 7.12. The first-order chi connectivity index (χ1) is 16.4. The quantitative estimate of drug-likeness (QED) is 0.447. The minimum Gasteiger partial charge on any atom is -0.382 e. The summed E-state index contributed by atoms with van der Waals surface area (Å²) < 4.78 is 13.5. The van der Waals surface area contributed by atoms with Gasteiger partial charge in [-0.1, -0.05) is 18.2 Å². The molecule has 1 atom stereocenters. The minimum atomic E-state index is -0.375. The molecule has 176 valence electrons. The summed E-state index contributed by atoms with van der Waals surface area (Å²) in [5, 5.41) is 9.01. The number of aryl methyl sites for hydroxylation is 1. The molecule has 3 aromatic rings. The molecule has 4 rings (SSSR count). The van der Waals surface area contributed by atoms with E-state index >= 15 is 0 Å². The fraction of sp³-hybridized carbons (Fsp3) is 0.280. The third kappa shape index (κ3) is 5.55. The molecule has 0 radical (unpaired) electrons. The lowest BCUT2D eigenvalue weighted by Gasteiger charge is -2.23. The van der Waals surface area contributed by atoms with Crippen molar-refractivity contribution in [2.45, 2.75) is 32.4 Å². The Morgan fingerprint density at radius 2 is 2.06 bits per heavy atom. The third-order valence-electron chi connectivity index (χ3n) is 5.82. The Morgan fingerprint density at radius 1 is 1.21 bits per heavy atom. The van der Waals surface area contributed by atoms with Gasteiger partial charge in [-0.3, -0.25) is 9.59 Å². The molecule has 1 aliphatic heterocycles.